The summed E-state index contributed by atoms with van der Waals surface area (Å²) in [6.07, 6.45) is -2.64. The zero-order chi connectivity index (χ0) is 76.6. The maximum atomic E-state index is 14.4. The SMILES string of the molecule is CC(=O)N[C@@H](CC(C)C)C(=O)N[C@@H](Cc1ccc(O)cc1)C(=O)N[C@@H](CCCN=C(N)N)C(=O)N[C@@H](C)C(=O)N[C@@H](CC(N)=O)C(=O)N[C@H](C(=O)N[C@@H](C[Se][Se]c1ccccc1)C(=O)N[C@@H](CO)C(=O)N1CCC[C@H]1C(=O)NCC(=O)N[C@@H](Cc1ccc(O)cc1)C(=O)N[C@@H](CO)C(N)=O)[C@@H](C)O. The van der Waals surface area contributed by atoms with Gasteiger partial charge in [-0.3, -0.25) is 38.6 Å². The second-order valence-electron chi connectivity index (χ2n) is 24.5. The van der Waals surface area contributed by atoms with Crippen molar-refractivity contribution in [2.24, 2.45) is 33.8 Å². The molecule has 4 rings (SSSR count). The van der Waals surface area contributed by atoms with Crippen molar-refractivity contribution in [2.75, 3.05) is 32.8 Å². The Morgan fingerprint density at radius 2 is 1.08 bits per heavy atom. The van der Waals surface area contributed by atoms with Crippen molar-refractivity contribution in [3.63, 3.8) is 0 Å². The van der Waals surface area contributed by atoms with Gasteiger partial charge in [-0.2, -0.15) is 0 Å². The number of aliphatic hydroxyl groups excluding tert-OH is 3. The first-order valence-corrected chi connectivity index (χ1v) is 39.1. The molecule has 38 heteroatoms. The first-order valence-electron chi connectivity index (χ1n) is 32.7. The number of likely N-dealkylation sites (tertiary alicyclic amines) is 1. The van der Waals surface area contributed by atoms with Crippen LogP contribution in [0, 0.1) is 5.92 Å². The van der Waals surface area contributed by atoms with Crippen LogP contribution in [0.1, 0.15) is 84.3 Å². The Kier molecular flexibility index (Phi) is 35.7. The molecule has 0 spiro atoms. The third-order valence-corrected chi connectivity index (χ3v) is 22.6. The number of phenols is 2. The van der Waals surface area contributed by atoms with Gasteiger partial charge in [0.25, 0.3) is 0 Å². The summed E-state index contributed by atoms with van der Waals surface area (Å²) in [5, 5.41) is 77.7. The number of primary amides is 2. The second-order valence-corrected chi connectivity index (χ2v) is 31.5. The van der Waals surface area contributed by atoms with Gasteiger partial charge in [0.15, 0.2) is 5.96 Å². The predicted molar refractivity (Wildman–Crippen MR) is 373 cm³/mol. The van der Waals surface area contributed by atoms with E-state index >= 15 is 0 Å². The molecule has 0 saturated carbocycles. The van der Waals surface area contributed by atoms with Crippen LogP contribution in [-0.2, 0) is 80.0 Å². The third kappa shape index (κ3) is 29.9. The van der Waals surface area contributed by atoms with E-state index in [4.69, 9.17) is 22.9 Å². The number of rotatable bonds is 42. The molecule has 0 unspecified atom stereocenters. The molecule has 14 amide bonds. The van der Waals surface area contributed by atoms with E-state index in [1.165, 1.54) is 62.4 Å². The first kappa shape index (κ1) is 85.4. The van der Waals surface area contributed by atoms with Gasteiger partial charge in [-0.25, -0.2) is 0 Å². The van der Waals surface area contributed by atoms with Crippen LogP contribution in [0.25, 0.3) is 0 Å². The van der Waals surface area contributed by atoms with E-state index in [0.717, 1.165) is 16.3 Å². The maximum absolute atomic E-state index is 14.4. The number of aliphatic hydroxyl groups is 3. The molecule has 0 aliphatic carbocycles. The molecule has 3 aromatic rings. The number of aliphatic imine (C=N–C) groups is 1. The number of aromatic hydroxyl groups is 2. The molecular weight excluding hydrogens is 1480 g/mol. The molecular formula is C65H93N17O19Se2. The van der Waals surface area contributed by atoms with E-state index in [1.807, 2.05) is 26.0 Å². The Labute approximate surface area is 604 Å². The van der Waals surface area contributed by atoms with Gasteiger partial charge in [0.05, 0.1) is 6.61 Å². The number of guanidine groups is 1. The molecule has 0 aromatic heterocycles. The second kappa shape index (κ2) is 43.1. The van der Waals surface area contributed by atoms with Crippen molar-refractivity contribution in [3.8, 4) is 11.5 Å². The van der Waals surface area contributed by atoms with E-state index in [-0.39, 0.29) is 99.9 Å². The standard InChI is InChI=1S/C65H93N17O19Se2/c1-33(2)25-43(73-36(5)86)57(94)77-45(27-38-17-21-40(88)22-18-38)59(96)75-42(13-9-23-70-65(68)69)56(93)72-34(3)55(92)76-46(28-51(66)89)60(97)81-53(35(4)85)63(100)80-49(32-102-103-41-11-7-6-8-12-41)61(98)79-48(31-84)64(101)82-24-10-14-50(82)62(99)71-29-52(90)74-44(26-37-15-19-39(87)20-16-37)58(95)78-47(30-83)54(67)91/h6-8,11-12,15-22,33-35,42-50,53,83-85,87-88H,9-10,13-14,23-32H2,1-5H3,(H2,66,89)(H2,67,91)(H,71,99)(H,72,93)(H,73,86)(H,74,90)(H,75,96)(H,76,92)(H,77,94)(H,78,95)(H,79,98)(H,80,100)(H,81,97)(H4,68,69,70)/t34-,35+,42-,43-,44-,45-,46-,47-,48-,49-,50-,53-/m0/s1. The summed E-state index contributed by atoms with van der Waals surface area (Å²) in [5.41, 5.74) is 22.7. The van der Waals surface area contributed by atoms with Gasteiger partial charge in [0.1, 0.15) is 41.7 Å². The number of nitrogens with two attached hydrogens (primary N) is 4. The first-order chi connectivity index (χ1) is 48.7. The van der Waals surface area contributed by atoms with E-state index in [0.29, 0.717) is 11.1 Å². The Bertz CT molecular complexity index is 3460. The Balaban J connectivity index is 1.51. The van der Waals surface area contributed by atoms with Crippen LogP contribution >= 0.6 is 0 Å². The Hall–Kier alpha value is -9.97. The molecule has 36 nitrogen and oxygen atoms in total. The van der Waals surface area contributed by atoms with Crippen LogP contribution < -0.4 is 85.9 Å². The topological polar surface area (TPSA) is 592 Å². The number of carbonyl (C=O) groups excluding carboxylic acids is 14. The van der Waals surface area contributed by atoms with Gasteiger partial charge in [-0.1, -0.05) is 38.1 Å². The van der Waals surface area contributed by atoms with E-state index < -0.39 is 195 Å². The Morgan fingerprint density at radius 1 is 0.573 bits per heavy atom. The van der Waals surface area contributed by atoms with Crippen LogP contribution in [0.15, 0.2) is 83.9 Å². The number of nitrogens with zero attached hydrogens (tertiary/aromatic N) is 2. The molecule has 0 radical (unpaired) electrons. The quantitative estimate of drug-likeness (QED) is 0.0108. The summed E-state index contributed by atoms with van der Waals surface area (Å²) in [4.78, 5) is 195. The molecule has 1 aliphatic heterocycles. The van der Waals surface area contributed by atoms with Gasteiger partial charge >= 0.3 is 295 Å². The summed E-state index contributed by atoms with van der Waals surface area (Å²) in [7, 11) is 0. The summed E-state index contributed by atoms with van der Waals surface area (Å²) >= 11 is -0.714. The molecule has 12 atom stereocenters. The van der Waals surface area contributed by atoms with Crippen LogP contribution in [0.2, 0.25) is 5.32 Å². The van der Waals surface area contributed by atoms with Crippen molar-refractivity contribution in [3.05, 3.63) is 90.0 Å². The molecule has 1 saturated heterocycles. The number of phenolic OH excluding ortho intramolecular Hbond substituents is 2. The molecule has 24 N–H and O–H groups in total. The summed E-state index contributed by atoms with van der Waals surface area (Å²) in [6.45, 7) is 4.43. The average Bonchev–Trinajstić information content (AvgIpc) is 1.78. The third-order valence-electron chi connectivity index (χ3n) is 15.5. The average molecular weight is 1570 g/mol. The van der Waals surface area contributed by atoms with Crippen molar-refractivity contribution in [1.29, 1.82) is 0 Å². The molecule has 564 valence electrons. The molecule has 3 aromatic carbocycles. The minimum atomic E-state index is -1.94. The summed E-state index contributed by atoms with van der Waals surface area (Å²) in [6, 6.07) is 3.57. The Morgan fingerprint density at radius 3 is 1.61 bits per heavy atom. The summed E-state index contributed by atoms with van der Waals surface area (Å²) < 4.78 is 0.915. The van der Waals surface area contributed by atoms with Gasteiger partial charge in [0.2, 0.25) is 35.4 Å². The van der Waals surface area contributed by atoms with Crippen LogP contribution in [0.5, 0.6) is 11.5 Å². The monoisotopic (exact) mass is 1580 g/mol. The van der Waals surface area contributed by atoms with Crippen LogP contribution in [-0.4, -0.2) is 251 Å². The van der Waals surface area contributed by atoms with Gasteiger partial charge in [-0.15, -0.1) is 0 Å². The number of amides is 14. The minimum absolute atomic E-state index is 0.0292. The van der Waals surface area contributed by atoms with Crippen molar-refractivity contribution in [2.45, 2.75) is 164 Å². The molecule has 0 bridgehead atoms. The number of nitrogens with one attached hydrogen (secondary N) is 11. The zero-order valence-corrected chi connectivity index (χ0v) is 60.8. The van der Waals surface area contributed by atoms with Gasteiger partial charge in [0, 0.05) is 26.3 Å². The van der Waals surface area contributed by atoms with Crippen LogP contribution in [0.3, 0.4) is 0 Å². The number of hydrogen-bond donors (Lipinski definition) is 20. The normalized spacial score (nSPS) is 15.7. The number of hydrogen-bond acceptors (Lipinski definition) is 20. The van der Waals surface area contributed by atoms with Gasteiger partial charge < -0.3 is 59.1 Å². The fourth-order valence-corrected chi connectivity index (χ4v) is 16.9. The number of benzene rings is 3. The van der Waals surface area contributed by atoms with E-state index in [2.05, 4.69) is 63.5 Å². The van der Waals surface area contributed by atoms with E-state index in [9.17, 15) is 92.7 Å². The zero-order valence-electron chi connectivity index (χ0n) is 57.4. The summed E-state index contributed by atoms with van der Waals surface area (Å²) in [5.74, 6) is -14.0. The van der Waals surface area contributed by atoms with Crippen molar-refractivity contribution < 1.29 is 92.7 Å². The van der Waals surface area contributed by atoms with Gasteiger partial charge in [-0.05, 0) is 60.6 Å². The molecule has 1 heterocycles. The van der Waals surface area contributed by atoms with Crippen LogP contribution in [0.4, 0.5) is 0 Å². The van der Waals surface area contributed by atoms with E-state index in [1.54, 1.807) is 18.2 Å². The predicted octanol–water partition coefficient (Wildman–Crippen LogP) is -8.23. The molecule has 1 aliphatic rings. The molecule has 1 fully saturated rings. The fourth-order valence-electron chi connectivity index (χ4n) is 10.2. The number of carbonyl (C=O) groups is 14. The van der Waals surface area contributed by atoms with Crippen molar-refractivity contribution >= 4 is 119 Å². The van der Waals surface area contributed by atoms with Crippen molar-refractivity contribution in [1.82, 2.24) is 63.4 Å². The fraction of sp³-hybridized carbons (Fsp3) is 0.492. The molecule has 103 heavy (non-hydrogen) atoms.